The molecule has 0 N–H and O–H groups in total. The normalized spacial score (nSPS) is 36.0. The zero-order valence-electron chi connectivity index (χ0n) is 12.5. The van der Waals surface area contributed by atoms with E-state index in [0.29, 0.717) is 5.41 Å². The van der Waals surface area contributed by atoms with Crippen molar-refractivity contribution in [3.63, 3.8) is 0 Å². The van der Waals surface area contributed by atoms with Crippen LogP contribution in [0.25, 0.3) is 0 Å². The third-order valence-corrected chi connectivity index (χ3v) is 5.84. The number of hydrogen-bond donors (Lipinski definition) is 0. The Morgan fingerprint density at radius 3 is 2.17 bits per heavy atom. The molecule has 0 saturated heterocycles. The Morgan fingerprint density at radius 1 is 0.889 bits per heavy atom. The largest absolute Gasteiger partial charge is 0.384 e. The molecule has 0 aromatic carbocycles. The second-order valence-electron chi connectivity index (χ2n) is 6.86. The second kappa shape index (κ2) is 6.93. The van der Waals surface area contributed by atoms with Gasteiger partial charge in [0.15, 0.2) is 0 Å². The Kier molecular flexibility index (Phi) is 5.54. The average Bonchev–Trinajstić information content (AvgIpc) is 2.73. The van der Waals surface area contributed by atoms with Gasteiger partial charge in [-0.1, -0.05) is 58.3 Å². The van der Waals surface area contributed by atoms with E-state index < -0.39 is 0 Å². The van der Waals surface area contributed by atoms with Crippen molar-refractivity contribution >= 4 is 0 Å². The molecular formula is C17H32O. The van der Waals surface area contributed by atoms with Gasteiger partial charge in [0, 0.05) is 7.11 Å². The van der Waals surface area contributed by atoms with Crippen LogP contribution in [0.5, 0.6) is 0 Å². The van der Waals surface area contributed by atoms with Crippen molar-refractivity contribution < 1.29 is 4.74 Å². The van der Waals surface area contributed by atoms with Gasteiger partial charge in [-0.2, -0.15) is 0 Å². The summed E-state index contributed by atoms with van der Waals surface area (Å²) in [5, 5.41) is 0. The van der Waals surface area contributed by atoms with Crippen molar-refractivity contribution in [3.8, 4) is 0 Å². The third-order valence-electron chi connectivity index (χ3n) is 5.84. The number of hydrogen-bond acceptors (Lipinski definition) is 1. The molecule has 2 rings (SSSR count). The molecule has 106 valence electrons. The van der Waals surface area contributed by atoms with Crippen LogP contribution in [0, 0.1) is 17.3 Å². The van der Waals surface area contributed by atoms with Gasteiger partial charge in [0.1, 0.15) is 0 Å². The SMILES string of the molecule is COCC1(C2CCCCCC2)CCCCCC1C. The van der Waals surface area contributed by atoms with Gasteiger partial charge in [-0.05, 0) is 36.5 Å². The van der Waals surface area contributed by atoms with Crippen molar-refractivity contribution in [2.45, 2.75) is 77.6 Å². The predicted octanol–water partition coefficient (Wildman–Crippen LogP) is 5.19. The van der Waals surface area contributed by atoms with E-state index in [1.54, 1.807) is 0 Å². The third kappa shape index (κ3) is 3.10. The van der Waals surface area contributed by atoms with Crippen LogP contribution in [-0.4, -0.2) is 13.7 Å². The molecule has 2 unspecified atom stereocenters. The van der Waals surface area contributed by atoms with Crippen LogP contribution in [0.1, 0.15) is 77.6 Å². The van der Waals surface area contributed by atoms with Gasteiger partial charge in [-0.3, -0.25) is 0 Å². The quantitative estimate of drug-likeness (QED) is 0.628. The van der Waals surface area contributed by atoms with Crippen LogP contribution in [0.3, 0.4) is 0 Å². The van der Waals surface area contributed by atoms with Crippen molar-refractivity contribution in [1.82, 2.24) is 0 Å². The summed E-state index contributed by atoms with van der Waals surface area (Å²) in [4.78, 5) is 0. The molecule has 0 aliphatic heterocycles. The minimum Gasteiger partial charge on any atom is -0.384 e. The zero-order chi connectivity index (χ0) is 12.8. The summed E-state index contributed by atoms with van der Waals surface area (Å²) in [6.45, 7) is 3.52. The Labute approximate surface area is 114 Å². The van der Waals surface area contributed by atoms with Gasteiger partial charge < -0.3 is 4.74 Å². The van der Waals surface area contributed by atoms with Crippen LogP contribution in [0.2, 0.25) is 0 Å². The molecule has 0 amide bonds. The second-order valence-corrected chi connectivity index (χ2v) is 6.86. The molecule has 0 aromatic heterocycles. The highest BCUT2D eigenvalue weighted by Gasteiger charge is 2.43. The Balaban J connectivity index is 2.16. The van der Waals surface area contributed by atoms with Crippen LogP contribution in [0.4, 0.5) is 0 Å². The number of methoxy groups -OCH3 is 1. The lowest BCUT2D eigenvalue weighted by Gasteiger charge is -2.44. The predicted molar refractivity (Wildman–Crippen MR) is 77.8 cm³/mol. The lowest BCUT2D eigenvalue weighted by atomic mass is 9.62. The first kappa shape index (κ1) is 14.4. The molecule has 2 aliphatic rings. The molecule has 0 bridgehead atoms. The van der Waals surface area contributed by atoms with E-state index in [1.807, 2.05) is 7.11 Å². The van der Waals surface area contributed by atoms with Crippen LogP contribution < -0.4 is 0 Å². The van der Waals surface area contributed by atoms with Crippen LogP contribution >= 0.6 is 0 Å². The maximum absolute atomic E-state index is 5.70. The van der Waals surface area contributed by atoms with Crippen LogP contribution in [-0.2, 0) is 4.74 Å². The van der Waals surface area contributed by atoms with E-state index in [1.165, 1.54) is 70.6 Å². The lowest BCUT2D eigenvalue weighted by molar-refractivity contribution is -0.0241. The summed E-state index contributed by atoms with van der Waals surface area (Å²) >= 11 is 0. The molecule has 0 heterocycles. The minimum atomic E-state index is 0.510. The Bertz CT molecular complexity index is 230. The van der Waals surface area contributed by atoms with E-state index in [0.717, 1.165) is 18.4 Å². The topological polar surface area (TPSA) is 9.23 Å². The van der Waals surface area contributed by atoms with Gasteiger partial charge in [0.2, 0.25) is 0 Å². The van der Waals surface area contributed by atoms with Gasteiger partial charge >= 0.3 is 0 Å². The van der Waals surface area contributed by atoms with Crippen molar-refractivity contribution in [2.24, 2.45) is 17.3 Å². The molecule has 1 heteroatoms. The molecule has 2 fully saturated rings. The highest BCUT2D eigenvalue weighted by molar-refractivity contribution is 4.92. The molecule has 0 radical (unpaired) electrons. The standard InChI is InChI=1S/C17H32O/c1-15-10-6-5-9-13-17(15,14-18-2)16-11-7-3-4-8-12-16/h15-16H,3-14H2,1-2H3. The zero-order valence-corrected chi connectivity index (χ0v) is 12.5. The molecule has 1 nitrogen and oxygen atoms in total. The number of rotatable bonds is 3. The number of ether oxygens (including phenoxy) is 1. The highest BCUT2D eigenvalue weighted by Crippen LogP contribution is 2.50. The molecule has 0 spiro atoms. The van der Waals surface area contributed by atoms with E-state index in [-0.39, 0.29) is 0 Å². The maximum atomic E-state index is 5.70. The molecule has 18 heavy (non-hydrogen) atoms. The van der Waals surface area contributed by atoms with E-state index in [2.05, 4.69) is 6.92 Å². The van der Waals surface area contributed by atoms with E-state index in [4.69, 9.17) is 4.74 Å². The summed E-state index contributed by atoms with van der Waals surface area (Å²) in [7, 11) is 1.91. The molecule has 2 atom stereocenters. The summed E-state index contributed by atoms with van der Waals surface area (Å²) < 4.78 is 5.70. The van der Waals surface area contributed by atoms with Crippen LogP contribution in [0.15, 0.2) is 0 Å². The minimum absolute atomic E-state index is 0.510. The van der Waals surface area contributed by atoms with Gasteiger partial charge in [0.05, 0.1) is 6.61 Å². The first-order chi connectivity index (χ1) is 8.79. The summed E-state index contributed by atoms with van der Waals surface area (Å²) in [6, 6.07) is 0. The van der Waals surface area contributed by atoms with Gasteiger partial charge in [-0.15, -0.1) is 0 Å². The fourth-order valence-corrected chi connectivity index (χ4v) is 4.68. The summed E-state index contributed by atoms with van der Waals surface area (Å²) in [5.41, 5.74) is 0.510. The van der Waals surface area contributed by atoms with Crippen molar-refractivity contribution in [1.29, 1.82) is 0 Å². The van der Waals surface area contributed by atoms with E-state index >= 15 is 0 Å². The summed E-state index contributed by atoms with van der Waals surface area (Å²) in [5.74, 6) is 1.80. The highest BCUT2D eigenvalue weighted by atomic mass is 16.5. The Morgan fingerprint density at radius 2 is 1.50 bits per heavy atom. The first-order valence-electron chi connectivity index (χ1n) is 8.28. The lowest BCUT2D eigenvalue weighted by Crippen LogP contribution is -2.40. The first-order valence-corrected chi connectivity index (χ1v) is 8.28. The molecule has 2 saturated carbocycles. The maximum Gasteiger partial charge on any atom is 0.0523 e. The van der Waals surface area contributed by atoms with E-state index in [9.17, 15) is 0 Å². The fraction of sp³-hybridized carbons (Fsp3) is 1.00. The van der Waals surface area contributed by atoms with Gasteiger partial charge in [-0.25, -0.2) is 0 Å². The molecular weight excluding hydrogens is 220 g/mol. The molecule has 0 aromatic rings. The smallest absolute Gasteiger partial charge is 0.0523 e. The Hall–Kier alpha value is -0.0400. The average molecular weight is 252 g/mol. The van der Waals surface area contributed by atoms with Gasteiger partial charge in [0.25, 0.3) is 0 Å². The van der Waals surface area contributed by atoms with Crippen molar-refractivity contribution in [2.75, 3.05) is 13.7 Å². The molecule has 2 aliphatic carbocycles. The fourth-order valence-electron chi connectivity index (χ4n) is 4.68. The summed E-state index contributed by atoms with van der Waals surface area (Å²) in [6.07, 6.45) is 16.0. The van der Waals surface area contributed by atoms with Crippen molar-refractivity contribution in [3.05, 3.63) is 0 Å². The monoisotopic (exact) mass is 252 g/mol.